The number of amides is 1. The van der Waals surface area contributed by atoms with Crippen LogP contribution in [0.5, 0.6) is 0 Å². The maximum absolute atomic E-state index is 12.1. The normalized spacial score (nSPS) is 10.6. The standard InChI is InChI=1S/C18H22N2O4S/c1-5-23-10-17(22)24-9-15-11-25-18(19-15)20(14(4)21)16-7-6-12(2)13(3)8-16/h6-8,11H,5,9-10H2,1-4H3. The number of hydrogen-bond acceptors (Lipinski definition) is 6. The molecular formula is C18H22N2O4S. The van der Waals surface area contributed by atoms with E-state index in [0.717, 1.165) is 16.8 Å². The Bertz CT molecular complexity index is 757. The van der Waals surface area contributed by atoms with E-state index in [1.165, 1.54) is 18.3 Å². The molecule has 0 N–H and O–H groups in total. The predicted molar refractivity (Wildman–Crippen MR) is 97.1 cm³/mol. The topological polar surface area (TPSA) is 68.7 Å². The zero-order valence-corrected chi connectivity index (χ0v) is 15.7. The van der Waals surface area contributed by atoms with Gasteiger partial charge >= 0.3 is 5.97 Å². The van der Waals surface area contributed by atoms with E-state index in [4.69, 9.17) is 9.47 Å². The van der Waals surface area contributed by atoms with E-state index in [1.54, 1.807) is 10.3 Å². The summed E-state index contributed by atoms with van der Waals surface area (Å²) < 4.78 is 10.1. The molecule has 2 aromatic rings. The number of nitrogens with zero attached hydrogens (tertiary/aromatic N) is 2. The Kier molecular flexibility index (Phi) is 6.66. The van der Waals surface area contributed by atoms with E-state index in [-0.39, 0.29) is 19.1 Å². The fourth-order valence-corrected chi connectivity index (χ4v) is 3.01. The lowest BCUT2D eigenvalue weighted by molar-refractivity contribution is -0.150. The molecule has 0 aliphatic carbocycles. The Morgan fingerprint density at radius 2 is 2.00 bits per heavy atom. The second-order valence-corrected chi connectivity index (χ2v) is 6.38. The van der Waals surface area contributed by atoms with Gasteiger partial charge in [0.2, 0.25) is 5.91 Å². The Hall–Kier alpha value is -2.25. The van der Waals surface area contributed by atoms with Gasteiger partial charge in [0.05, 0.1) is 11.4 Å². The van der Waals surface area contributed by atoms with Crippen molar-refractivity contribution in [1.82, 2.24) is 4.98 Å². The fraction of sp³-hybridized carbons (Fsp3) is 0.389. The third-order valence-electron chi connectivity index (χ3n) is 3.60. The number of hydrogen-bond donors (Lipinski definition) is 0. The van der Waals surface area contributed by atoms with Crippen LogP contribution in [0.15, 0.2) is 23.6 Å². The second-order valence-electron chi connectivity index (χ2n) is 5.54. The van der Waals surface area contributed by atoms with Crippen LogP contribution in [0.25, 0.3) is 0 Å². The monoisotopic (exact) mass is 362 g/mol. The van der Waals surface area contributed by atoms with Gasteiger partial charge in [0.25, 0.3) is 0 Å². The van der Waals surface area contributed by atoms with Gasteiger partial charge in [-0.3, -0.25) is 9.69 Å². The maximum atomic E-state index is 12.1. The van der Waals surface area contributed by atoms with E-state index in [2.05, 4.69) is 4.98 Å². The van der Waals surface area contributed by atoms with Gasteiger partial charge in [-0.25, -0.2) is 9.78 Å². The molecular weight excluding hydrogens is 340 g/mol. The summed E-state index contributed by atoms with van der Waals surface area (Å²) in [6.45, 7) is 7.77. The van der Waals surface area contributed by atoms with E-state index < -0.39 is 5.97 Å². The van der Waals surface area contributed by atoms with Crippen molar-refractivity contribution in [2.75, 3.05) is 18.1 Å². The van der Waals surface area contributed by atoms with Crippen molar-refractivity contribution >= 4 is 34.0 Å². The number of benzene rings is 1. The minimum absolute atomic E-state index is 0.0566. The number of carbonyl (C=O) groups excluding carboxylic acids is 2. The molecule has 1 aromatic carbocycles. The summed E-state index contributed by atoms with van der Waals surface area (Å²) in [5.41, 5.74) is 3.63. The maximum Gasteiger partial charge on any atom is 0.332 e. The number of thiazole rings is 1. The number of ether oxygens (including phenoxy) is 2. The van der Waals surface area contributed by atoms with Gasteiger partial charge in [0.15, 0.2) is 5.13 Å². The van der Waals surface area contributed by atoms with Crippen molar-refractivity contribution in [2.24, 2.45) is 0 Å². The molecule has 25 heavy (non-hydrogen) atoms. The smallest absolute Gasteiger partial charge is 0.332 e. The number of carbonyl (C=O) groups is 2. The first kappa shape index (κ1) is 19.1. The van der Waals surface area contributed by atoms with Crippen LogP contribution in [0.1, 0.15) is 30.7 Å². The number of rotatable bonds is 7. The van der Waals surface area contributed by atoms with Gasteiger partial charge in [0.1, 0.15) is 13.2 Å². The van der Waals surface area contributed by atoms with Crippen LogP contribution in [0.2, 0.25) is 0 Å². The summed E-state index contributed by atoms with van der Waals surface area (Å²) >= 11 is 1.33. The van der Waals surface area contributed by atoms with Crippen molar-refractivity contribution in [3.8, 4) is 0 Å². The van der Waals surface area contributed by atoms with Crippen molar-refractivity contribution in [1.29, 1.82) is 0 Å². The zero-order valence-electron chi connectivity index (χ0n) is 14.9. The second kappa shape index (κ2) is 8.73. The Balaban J connectivity index is 2.12. The lowest BCUT2D eigenvalue weighted by atomic mass is 10.1. The molecule has 1 amide bonds. The highest BCUT2D eigenvalue weighted by atomic mass is 32.1. The quantitative estimate of drug-likeness (QED) is 0.705. The molecule has 0 spiro atoms. The third-order valence-corrected chi connectivity index (χ3v) is 4.47. The first-order valence-corrected chi connectivity index (χ1v) is 8.86. The summed E-state index contributed by atoms with van der Waals surface area (Å²) in [5, 5.41) is 2.33. The fourth-order valence-electron chi connectivity index (χ4n) is 2.14. The summed E-state index contributed by atoms with van der Waals surface area (Å²) in [6, 6.07) is 5.83. The molecule has 1 aromatic heterocycles. The van der Waals surface area contributed by atoms with Gasteiger partial charge in [-0.15, -0.1) is 11.3 Å². The average Bonchev–Trinajstić information content (AvgIpc) is 3.02. The molecule has 0 saturated heterocycles. The molecule has 0 bridgehead atoms. The van der Waals surface area contributed by atoms with E-state index in [9.17, 15) is 9.59 Å². The minimum atomic E-state index is -0.436. The molecule has 0 aliphatic heterocycles. The van der Waals surface area contributed by atoms with Crippen molar-refractivity contribution in [3.63, 3.8) is 0 Å². The number of aryl methyl sites for hydroxylation is 2. The molecule has 0 unspecified atom stereocenters. The van der Waals surface area contributed by atoms with E-state index >= 15 is 0 Å². The van der Waals surface area contributed by atoms with Gasteiger partial charge in [-0.2, -0.15) is 0 Å². The van der Waals surface area contributed by atoms with Crippen molar-refractivity contribution in [3.05, 3.63) is 40.4 Å². The molecule has 7 heteroatoms. The highest BCUT2D eigenvalue weighted by molar-refractivity contribution is 7.14. The van der Waals surface area contributed by atoms with Crippen LogP contribution in [-0.2, 0) is 25.7 Å². The van der Waals surface area contributed by atoms with Crippen LogP contribution in [-0.4, -0.2) is 30.1 Å². The highest BCUT2D eigenvalue weighted by Crippen LogP contribution is 2.30. The molecule has 6 nitrogen and oxygen atoms in total. The van der Waals surface area contributed by atoms with Gasteiger partial charge < -0.3 is 9.47 Å². The predicted octanol–water partition coefficient (Wildman–Crippen LogP) is 3.52. The summed E-state index contributed by atoms with van der Waals surface area (Å²) in [4.78, 5) is 29.6. The highest BCUT2D eigenvalue weighted by Gasteiger charge is 2.18. The van der Waals surface area contributed by atoms with Crippen LogP contribution in [0.4, 0.5) is 10.8 Å². The molecule has 0 radical (unpaired) electrons. The summed E-state index contributed by atoms with van der Waals surface area (Å²) in [7, 11) is 0. The molecule has 134 valence electrons. The minimum Gasteiger partial charge on any atom is -0.457 e. The number of anilines is 2. The number of esters is 1. The lowest BCUT2D eigenvalue weighted by Gasteiger charge is -2.19. The molecule has 0 fully saturated rings. The summed E-state index contributed by atoms with van der Waals surface area (Å²) in [5.74, 6) is -0.563. The first-order valence-electron chi connectivity index (χ1n) is 7.98. The Morgan fingerprint density at radius 3 is 2.64 bits per heavy atom. The Labute approximate surface area is 151 Å². The average molecular weight is 362 g/mol. The van der Waals surface area contributed by atoms with Gasteiger partial charge in [-0.05, 0) is 44.0 Å². The van der Waals surface area contributed by atoms with E-state index in [1.807, 2.05) is 39.0 Å². The largest absolute Gasteiger partial charge is 0.457 e. The Morgan fingerprint density at radius 1 is 1.24 bits per heavy atom. The first-order chi connectivity index (χ1) is 11.9. The van der Waals surface area contributed by atoms with Gasteiger partial charge in [0, 0.05) is 18.9 Å². The number of aromatic nitrogens is 1. The van der Waals surface area contributed by atoms with Gasteiger partial charge in [-0.1, -0.05) is 6.07 Å². The van der Waals surface area contributed by atoms with E-state index in [0.29, 0.717) is 17.4 Å². The van der Waals surface area contributed by atoms with Crippen LogP contribution in [0, 0.1) is 13.8 Å². The lowest BCUT2D eigenvalue weighted by Crippen LogP contribution is -2.22. The molecule has 0 aliphatic rings. The molecule has 1 heterocycles. The van der Waals surface area contributed by atoms with Crippen molar-refractivity contribution in [2.45, 2.75) is 34.3 Å². The van der Waals surface area contributed by atoms with Crippen LogP contribution in [0.3, 0.4) is 0 Å². The van der Waals surface area contributed by atoms with Crippen LogP contribution < -0.4 is 4.90 Å². The zero-order chi connectivity index (χ0) is 18.4. The SMILES string of the molecule is CCOCC(=O)OCc1csc(N(C(C)=O)c2ccc(C)c(C)c2)n1. The van der Waals surface area contributed by atoms with Crippen molar-refractivity contribution < 1.29 is 19.1 Å². The van der Waals surface area contributed by atoms with Crippen LogP contribution >= 0.6 is 11.3 Å². The molecule has 2 rings (SSSR count). The third kappa shape index (κ3) is 5.11. The summed E-state index contributed by atoms with van der Waals surface area (Å²) in [6.07, 6.45) is 0. The molecule has 0 atom stereocenters. The molecule has 0 saturated carbocycles.